The van der Waals surface area contributed by atoms with Crippen LogP contribution >= 0.6 is 0 Å². The Morgan fingerprint density at radius 3 is 1.09 bits per heavy atom. The van der Waals surface area contributed by atoms with Gasteiger partial charge in [0.15, 0.2) is 0 Å². The molecule has 2 N–H and O–H groups in total. The van der Waals surface area contributed by atoms with Gasteiger partial charge in [-0.3, -0.25) is 0 Å². The Morgan fingerprint density at radius 2 is 0.636 bits per heavy atom. The van der Waals surface area contributed by atoms with E-state index in [9.17, 15) is 0 Å². The minimum absolute atomic E-state index is 1.03. The van der Waals surface area contributed by atoms with E-state index in [1.807, 2.05) is 0 Å². The van der Waals surface area contributed by atoms with Crippen molar-refractivity contribution in [2.24, 2.45) is 0 Å². The second kappa shape index (κ2) is 15.4. The third-order valence-electron chi connectivity index (χ3n) is 13.2. The highest BCUT2D eigenvalue weighted by Gasteiger charge is 2.22. The lowest BCUT2D eigenvalue weighted by Crippen LogP contribution is -2.02. The monoisotopic (exact) mass is 842 g/mol. The number of hydrogen-bond donors (Lipinski definition) is 2. The van der Waals surface area contributed by atoms with E-state index >= 15 is 0 Å². The Labute approximate surface area is 382 Å². The molecule has 13 rings (SSSR count). The number of aromatic nitrogens is 2. The molecule has 0 aliphatic carbocycles. The van der Waals surface area contributed by atoms with Crippen molar-refractivity contribution in [1.29, 1.82) is 0 Å². The normalized spacial score (nSPS) is 11.6. The van der Waals surface area contributed by atoms with Crippen molar-refractivity contribution in [3.8, 4) is 33.6 Å². The summed E-state index contributed by atoms with van der Waals surface area (Å²) in [5.41, 5.74) is 15.6. The van der Waals surface area contributed by atoms with Crippen LogP contribution in [0.1, 0.15) is 0 Å². The van der Waals surface area contributed by atoms with Gasteiger partial charge < -0.3 is 19.8 Å². The van der Waals surface area contributed by atoms with Crippen LogP contribution in [0.2, 0.25) is 0 Å². The van der Waals surface area contributed by atoms with Gasteiger partial charge in [0.05, 0.1) is 44.8 Å². The molecule has 0 bridgehead atoms. The molecule has 0 unspecified atom stereocenters. The van der Waals surface area contributed by atoms with Crippen LogP contribution in [0.5, 0.6) is 0 Å². The van der Waals surface area contributed by atoms with Gasteiger partial charge in [-0.05, 0) is 117 Å². The third-order valence-corrected chi connectivity index (χ3v) is 13.2. The number of para-hydroxylation sites is 4. The zero-order valence-electron chi connectivity index (χ0n) is 36.0. The summed E-state index contributed by atoms with van der Waals surface area (Å²) in [5.74, 6) is 0. The first-order valence-corrected chi connectivity index (χ1v) is 22.6. The summed E-state index contributed by atoms with van der Waals surface area (Å²) in [6, 6.07) is 87.7. The molecular weight excluding hydrogens is 801 g/mol. The lowest BCUT2D eigenvalue weighted by molar-refractivity contribution is 1.17. The predicted molar refractivity (Wildman–Crippen MR) is 280 cm³/mol. The Morgan fingerprint density at radius 1 is 0.258 bits per heavy atom. The fourth-order valence-electron chi connectivity index (χ4n) is 10.3. The maximum Gasteiger partial charge on any atom is 0.0697 e. The summed E-state index contributed by atoms with van der Waals surface area (Å²) in [4.78, 5) is 0. The Balaban J connectivity index is 1.05. The third kappa shape index (κ3) is 6.22. The van der Waals surface area contributed by atoms with Gasteiger partial charge in [0.2, 0.25) is 0 Å². The first-order chi connectivity index (χ1) is 32.7. The average Bonchev–Trinajstić information content (AvgIpc) is 3.87. The SMILES string of the molecule is c1ccc(Nc2cc(-c3cccc4ccccc34)ccc2-n2c3ccccc3c3cc4c(cc32)c2ccccc2n4-c2ccc(-c3cccc4ccccc34)cc2Nc2ccccc2)cc1. The van der Waals surface area contributed by atoms with E-state index < -0.39 is 0 Å². The minimum atomic E-state index is 1.03. The summed E-state index contributed by atoms with van der Waals surface area (Å²) < 4.78 is 4.91. The molecule has 66 heavy (non-hydrogen) atoms. The maximum absolute atomic E-state index is 3.86. The van der Waals surface area contributed by atoms with E-state index in [4.69, 9.17) is 0 Å². The van der Waals surface area contributed by atoms with Crippen molar-refractivity contribution in [2.45, 2.75) is 0 Å². The van der Waals surface area contributed by atoms with Gasteiger partial charge in [0.1, 0.15) is 0 Å². The fourth-order valence-corrected chi connectivity index (χ4v) is 10.3. The number of nitrogens with one attached hydrogen (secondary N) is 2. The van der Waals surface area contributed by atoms with Crippen molar-refractivity contribution in [3.63, 3.8) is 0 Å². The number of fused-ring (bicyclic) bond motifs is 8. The maximum atomic E-state index is 3.86. The van der Waals surface area contributed by atoms with E-state index in [0.717, 1.165) is 67.3 Å². The average molecular weight is 843 g/mol. The molecule has 0 aliphatic heterocycles. The Kier molecular flexibility index (Phi) is 8.81. The number of hydrogen-bond acceptors (Lipinski definition) is 2. The summed E-state index contributed by atoms with van der Waals surface area (Å²) in [7, 11) is 0. The molecule has 4 heteroatoms. The molecule has 0 saturated heterocycles. The van der Waals surface area contributed by atoms with Crippen molar-refractivity contribution in [1.82, 2.24) is 9.13 Å². The molecular formula is C62H42N4. The molecule has 0 spiro atoms. The highest BCUT2D eigenvalue weighted by atomic mass is 15.0. The van der Waals surface area contributed by atoms with Crippen LogP contribution in [0, 0.1) is 0 Å². The summed E-state index contributed by atoms with van der Waals surface area (Å²) >= 11 is 0. The van der Waals surface area contributed by atoms with Gasteiger partial charge in [-0.25, -0.2) is 0 Å². The van der Waals surface area contributed by atoms with Gasteiger partial charge in [-0.15, -0.1) is 0 Å². The van der Waals surface area contributed by atoms with Crippen LogP contribution in [-0.2, 0) is 0 Å². The quantitative estimate of drug-likeness (QED) is 0.160. The number of rotatable bonds is 8. The molecule has 2 heterocycles. The molecule has 0 aliphatic rings. The summed E-state index contributed by atoms with van der Waals surface area (Å²) in [6.45, 7) is 0. The van der Waals surface area contributed by atoms with Crippen LogP contribution in [0.25, 0.3) is 98.8 Å². The molecule has 0 radical (unpaired) electrons. The van der Waals surface area contributed by atoms with Crippen molar-refractivity contribution < 1.29 is 0 Å². The van der Waals surface area contributed by atoms with E-state index in [2.05, 4.69) is 262 Å². The summed E-state index contributed by atoms with van der Waals surface area (Å²) in [6.07, 6.45) is 0. The standard InChI is InChI=1S/C62H42N4/c1-3-21-45(22-4-1)63-55-37-43(49-29-15-19-41-17-7-9-25-47(41)49)33-35-59(55)65-57-31-13-11-27-51(57)53-40-62-54(39-61(53)65)52-28-12-14-32-58(52)66(62)60-36-34-44(38-56(60)64-46-23-5-2-6-24-46)50-30-16-20-42-18-8-10-26-48(42)50/h1-40,63-64H. The van der Waals surface area contributed by atoms with Gasteiger partial charge in [-0.1, -0.05) is 170 Å². The Bertz CT molecular complexity index is 3720. The lowest BCUT2D eigenvalue weighted by atomic mass is 9.97. The fraction of sp³-hybridized carbons (Fsp3) is 0. The van der Waals surface area contributed by atoms with Gasteiger partial charge in [-0.2, -0.15) is 0 Å². The molecule has 11 aromatic carbocycles. The smallest absolute Gasteiger partial charge is 0.0697 e. The number of anilines is 4. The largest absolute Gasteiger partial charge is 0.354 e. The number of nitrogens with zero attached hydrogens (tertiary/aromatic N) is 2. The molecule has 0 fully saturated rings. The van der Waals surface area contributed by atoms with Crippen LogP contribution in [0.15, 0.2) is 243 Å². The molecule has 0 saturated carbocycles. The second-order valence-electron chi connectivity index (χ2n) is 17.1. The van der Waals surface area contributed by atoms with Crippen LogP contribution in [0.4, 0.5) is 22.7 Å². The molecule has 2 aromatic heterocycles. The Hall–Kier alpha value is -8.86. The van der Waals surface area contributed by atoms with E-state index in [0.29, 0.717) is 0 Å². The van der Waals surface area contributed by atoms with E-state index in [-0.39, 0.29) is 0 Å². The first kappa shape index (κ1) is 37.7. The molecule has 0 amide bonds. The number of benzene rings is 11. The van der Waals surface area contributed by atoms with Crippen molar-refractivity contribution >= 4 is 87.9 Å². The second-order valence-corrected chi connectivity index (χ2v) is 17.1. The lowest BCUT2D eigenvalue weighted by Gasteiger charge is -2.18. The molecule has 310 valence electrons. The van der Waals surface area contributed by atoms with Crippen LogP contribution < -0.4 is 10.6 Å². The van der Waals surface area contributed by atoms with Crippen molar-refractivity contribution in [2.75, 3.05) is 10.6 Å². The highest BCUT2D eigenvalue weighted by molar-refractivity contribution is 6.19. The highest BCUT2D eigenvalue weighted by Crippen LogP contribution is 2.44. The summed E-state index contributed by atoms with van der Waals surface area (Å²) in [5, 5.41) is 17.4. The first-order valence-electron chi connectivity index (χ1n) is 22.6. The topological polar surface area (TPSA) is 33.9 Å². The van der Waals surface area contributed by atoms with Crippen molar-refractivity contribution in [3.05, 3.63) is 243 Å². The molecule has 4 nitrogen and oxygen atoms in total. The molecule has 0 atom stereocenters. The van der Waals surface area contributed by atoms with Gasteiger partial charge in [0, 0.05) is 32.9 Å². The van der Waals surface area contributed by atoms with Gasteiger partial charge >= 0.3 is 0 Å². The van der Waals surface area contributed by atoms with E-state index in [1.54, 1.807) is 0 Å². The molecule has 13 aromatic rings. The van der Waals surface area contributed by atoms with E-state index in [1.165, 1.54) is 54.2 Å². The zero-order valence-corrected chi connectivity index (χ0v) is 36.0. The minimum Gasteiger partial charge on any atom is -0.354 e. The zero-order chi connectivity index (χ0) is 43.6. The van der Waals surface area contributed by atoms with Gasteiger partial charge in [0.25, 0.3) is 0 Å². The van der Waals surface area contributed by atoms with Crippen LogP contribution in [-0.4, -0.2) is 9.13 Å². The van der Waals surface area contributed by atoms with Crippen LogP contribution in [0.3, 0.4) is 0 Å². The predicted octanol–water partition coefficient (Wildman–Crippen LogP) is 17.0.